The second kappa shape index (κ2) is 7.71. The van der Waals surface area contributed by atoms with E-state index in [0.29, 0.717) is 23.6 Å². The van der Waals surface area contributed by atoms with Crippen molar-refractivity contribution in [2.45, 2.75) is 25.7 Å². The number of para-hydroxylation sites is 1. The van der Waals surface area contributed by atoms with Gasteiger partial charge >= 0.3 is 5.97 Å². The number of benzene rings is 1. The number of nitrogens with one attached hydrogen (secondary N) is 1. The van der Waals surface area contributed by atoms with Gasteiger partial charge in [-0.1, -0.05) is 18.2 Å². The largest absolute Gasteiger partial charge is 0.481 e. The normalized spacial score (nSPS) is 10.1. The van der Waals surface area contributed by atoms with Crippen LogP contribution in [0, 0.1) is 0 Å². The molecule has 1 rings (SSSR count). The van der Waals surface area contributed by atoms with Gasteiger partial charge in [-0.25, -0.2) is 0 Å². The van der Waals surface area contributed by atoms with Gasteiger partial charge in [-0.05, 0) is 24.5 Å². The zero-order chi connectivity index (χ0) is 13.4. The zero-order valence-electron chi connectivity index (χ0n) is 9.99. The van der Waals surface area contributed by atoms with Crippen molar-refractivity contribution < 1.29 is 14.7 Å². The summed E-state index contributed by atoms with van der Waals surface area (Å²) in [4.78, 5) is 22.3. The molecule has 0 bridgehead atoms. The molecule has 0 saturated carbocycles. The Morgan fingerprint density at radius 1 is 1.22 bits per heavy atom. The molecule has 0 unspecified atom stereocenters. The number of aliphatic carboxylic acids is 1. The van der Waals surface area contributed by atoms with Crippen LogP contribution in [0.4, 0.5) is 5.69 Å². The summed E-state index contributed by atoms with van der Waals surface area (Å²) in [6.07, 6.45) is 1.83. The summed E-state index contributed by atoms with van der Waals surface area (Å²) in [5.41, 5.74) is 1.17. The molecule has 4 nitrogen and oxygen atoms in total. The van der Waals surface area contributed by atoms with Gasteiger partial charge in [0.25, 0.3) is 0 Å². The molecule has 98 valence electrons. The maximum absolute atomic E-state index is 11.6. The first kappa shape index (κ1) is 14.5. The summed E-state index contributed by atoms with van der Waals surface area (Å²) in [6.45, 7) is 0. The van der Waals surface area contributed by atoms with Gasteiger partial charge in [-0.15, -0.1) is 11.6 Å². The highest BCUT2D eigenvalue weighted by Gasteiger charge is 2.08. The molecule has 0 radical (unpaired) electrons. The van der Waals surface area contributed by atoms with E-state index in [-0.39, 0.29) is 12.3 Å². The van der Waals surface area contributed by atoms with Crippen molar-refractivity contribution in [2.24, 2.45) is 0 Å². The summed E-state index contributed by atoms with van der Waals surface area (Å²) in [6, 6.07) is 6.92. The van der Waals surface area contributed by atoms with Crippen LogP contribution in [0.15, 0.2) is 24.3 Å². The fraction of sp³-hybridized carbons (Fsp3) is 0.385. The molecule has 1 aromatic rings. The van der Waals surface area contributed by atoms with E-state index in [9.17, 15) is 9.59 Å². The summed E-state index contributed by atoms with van der Waals surface area (Å²) in [5, 5.41) is 11.5. The number of carboxylic acids is 1. The van der Waals surface area contributed by atoms with Crippen LogP contribution in [0.2, 0.25) is 0 Å². The Kier molecular flexibility index (Phi) is 6.22. The molecule has 0 heterocycles. The van der Waals surface area contributed by atoms with Gasteiger partial charge in [0.2, 0.25) is 5.91 Å². The number of amides is 1. The maximum atomic E-state index is 11.6. The van der Waals surface area contributed by atoms with E-state index in [4.69, 9.17) is 16.7 Å². The van der Waals surface area contributed by atoms with Crippen molar-refractivity contribution in [1.82, 2.24) is 0 Å². The standard InChI is InChI=1S/C13H16ClNO3/c14-8-4-3-7-12(16)15-11-6-2-1-5-10(11)9-13(17)18/h1-2,5-6H,3-4,7-9H2,(H,15,16)(H,17,18). The van der Waals surface area contributed by atoms with Crippen LogP contribution in [-0.4, -0.2) is 22.9 Å². The van der Waals surface area contributed by atoms with Crippen LogP contribution in [-0.2, 0) is 16.0 Å². The first-order valence-electron chi connectivity index (χ1n) is 5.79. The lowest BCUT2D eigenvalue weighted by atomic mass is 10.1. The Labute approximate surface area is 111 Å². The average Bonchev–Trinajstić information content (AvgIpc) is 2.31. The van der Waals surface area contributed by atoms with Gasteiger partial charge in [-0.2, -0.15) is 0 Å². The number of unbranched alkanes of at least 4 members (excludes halogenated alkanes) is 1. The predicted molar refractivity (Wildman–Crippen MR) is 71.0 cm³/mol. The van der Waals surface area contributed by atoms with Gasteiger partial charge in [-0.3, -0.25) is 9.59 Å². The second-order valence-electron chi connectivity index (χ2n) is 3.92. The third-order valence-corrected chi connectivity index (χ3v) is 2.69. The van der Waals surface area contributed by atoms with Crippen molar-refractivity contribution in [3.8, 4) is 0 Å². The van der Waals surface area contributed by atoms with E-state index in [1.165, 1.54) is 0 Å². The topological polar surface area (TPSA) is 66.4 Å². The molecule has 0 aromatic heterocycles. The molecule has 0 atom stereocenters. The van der Waals surface area contributed by atoms with Crippen molar-refractivity contribution in [1.29, 1.82) is 0 Å². The summed E-state index contributed by atoms with van der Waals surface area (Å²) < 4.78 is 0. The third-order valence-electron chi connectivity index (χ3n) is 2.42. The van der Waals surface area contributed by atoms with Crippen molar-refractivity contribution >= 4 is 29.2 Å². The predicted octanol–water partition coefficient (Wildman–Crippen LogP) is 2.66. The summed E-state index contributed by atoms with van der Waals surface area (Å²) >= 11 is 5.53. The van der Waals surface area contributed by atoms with E-state index < -0.39 is 5.97 Å². The molecule has 2 N–H and O–H groups in total. The Morgan fingerprint density at radius 3 is 2.61 bits per heavy atom. The monoisotopic (exact) mass is 269 g/mol. The molecule has 0 aliphatic heterocycles. The van der Waals surface area contributed by atoms with Crippen molar-refractivity contribution in [3.05, 3.63) is 29.8 Å². The molecule has 0 fully saturated rings. The molecular formula is C13H16ClNO3. The lowest BCUT2D eigenvalue weighted by Crippen LogP contribution is -2.13. The minimum atomic E-state index is -0.918. The fourth-order valence-electron chi connectivity index (χ4n) is 1.55. The zero-order valence-corrected chi connectivity index (χ0v) is 10.7. The summed E-state index contributed by atoms with van der Waals surface area (Å²) in [5.74, 6) is -0.486. The van der Waals surface area contributed by atoms with Gasteiger partial charge in [0.1, 0.15) is 0 Å². The molecule has 0 aliphatic rings. The molecule has 5 heteroatoms. The Morgan fingerprint density at radius 2 is 1.94 bits per heavy atom. The molecule has 18 heavy (non-hydrogen) atoms. The van der Waals surface area contributed by atoms with Crippen LogP contribution in [0.1, 0.15) is 24.8 Å². The number of halogens is 1. The maximum Gasteiger partial charge on any atom is 0.307 e. The number of carbonyl (C=O) groups excluding carboxylic acids is 1. The average molecular weight is 270 g/mol. The van der Waals surface area contributed by atoms with E-state index in [0.717, 1.165) is 12.8 Å². The molecule has 1 aromatic carbocycles. The van der Waals surface area contributed by atoms with Gasteiger partial charge in [0.15, 0.2) is 0 Å². The number of hydrogen-bond donors (Lipinski definition) is 2. The van der Waals surface area contributed by atoms with E-state index >= 15 is 0 Å². The number of rotatable bonds is 7. The Balaban J connectivity index is 2.60. The smallest absolute Gasteiger partial charge is 0.307 e. The fourth-order valence-corrected chi connectivity index (χ4v) is 1.74. The van der Waals surface area contributed by atoms with Crippen LogP contribution in [0.25, 0.3) is 0 Å². The van der Waals surface area contributed by atoms with Crippen molar-refractivity contribution in [3.63, 3.8) is 0 Å². The highest BCUT2D eigenvalue weighted by molar-refractivity contribution is 6.17. The Bertz CT molecular complexity index is 420. The van der Waals surface area contributed by atoms with E-state index in [1.807, 2.05) is 0 Å². The number of carboxylic acid groups (broad SMARTS) is 1. The molecule has 0 aliphatic carbocycles. The summed E-state index contributed by atoms with van der Waals surface area (Å²) in [7, 11) is 0. The highest BCUT2D eigenvalue weighted by Crippen LogP contribution is 2.16. The number of carbonyl (C=O) groups is 2. The molecule has 1 amide bonds. The number of anilines is 1. The first-order valence-corrected chi connectivity index (χ1v) is 6.32. The number of hydrogen-bond acceptors (Lipinski definition) is 2. The van der Waals surface area contributed by atoms with Crippen LogP contribution in [0.5, 0.6) is 0 Å². The lowest BCUT2D eigenvalue weighted by molar-refractivity contribution is -0.136. The quantitative estimate of drug-likeness (QED) is 0.591. The number of alkyl halides is 1. The van der Waals surface area contributed by atoms with Crippen LogP contribution in [0.3, 0.4) is 0 Å². The first-order chi connectivity index (χ1) is 8.63. The molecule has 0 spiro atoms. The minimum absolute atomic E-state index is 0.0991. The SMILES string of the molecule is O=C(O)Cc1ccccc1NC(=O)CCCCCl. The second-order valence-corrected chi connectivity index (χ2v) is 4.30. The molecule has 0 saturated heterocycles. The van der Waals surface area contributed by atoms with Gasteiger partial charge in [0.05, 0.1) is 6.42 Å². The van der Waals surface area contributed by atoms with Crippen LogP contribution >= 0.6 is 11.6 Å². The molecular weight excluding hydrogens is 254 g/mol. The minimum Gasteiger partial charge on any atom is -0.481 e. The van der Waals surface area contributed by atoms with Gasteiger partial charge in [0, 0.05) is 18.0 Å². The van der Waals surface area contributed by atoms with Crippen molar-refractivity contribution in [2.75, 3.05) is 11.2 Å². The Hall–Kier alpha value is -1.55. The van der Waals surface area contributed by atoms with Crippen LogP contribution < -0.4 is 5.32 Å². The van der Waals surface area contributed by atoms with Gasteiger partial charge < -0.3 is 10.4 Å². The highest BCUT2D eigenvalue weighted by atomic mass is 35.5. The van der Waals surface area contributed by atoms with E-state index in [2.05, 4.69) is 5.32 Å². The third kappa shape index (κ3) is 5.19. The van der Waals surface area contributed by atoms with E-state index in [1.54, 1.807) is 24.3 Å². The lowest BCUT2D eigenvalue weighted by Gasteiger charge is -2.09.